The van der Waals surface area contributed by atoms with Gasteiger partial charge in [0.15, 0.2) is 0 Å². The predicted octanol–water partition coefficient (Wildman–Crippen LogP) is 3.46. The van der Waals surface area contributed by atoms with E-state index < -0.39 is 5.92 Å². The van der Waals surface area contributed by atoms with E-state index in [0.717, 1.165) is 42.9 Å². The van der Waals surface area contributed by atoms with Crippen molar-refractivity contribution in [1.82, 2.24) is 15.0 Å². The smallest absolute Gasteiger partial charge is 0.225 e. The van der Waals surface area contributed by atoms with E-state index in [1.54, 1.807) is 6.20 Å². The number of aromatic nitrogens is 3. The number of hydrogen-bond acceptors (Lipinski definition) is 5. The molecule has 0 N–H and O–H groups in total. The second-order valence-corrected chi connectivity index (χ2v) is 5.54. The van der Waals surface area contributed by atoms with E-state index in [1.165, 1.54) is 0 Å². The average Bonchev–Trinajstić information content (AvgIpc) is 2.58. The lowest BCUT2D eigenvalue weighted by atomic mass is 9.99. The van der Waals surface area contributed by atoms with Crippen LogP contribution in [0.1, 0.15) is 49.6 Å². The molecule has 0 fully saturated rings. The largest absolute Gasteiger partial charge is 0.341 e. The van der Waals surface area contributed by atoms with Gasteiger partial charge in [-0.25, -0.2) is 9.97 Å². The van der Waals surface area contributed by atoms with Crippen molar-refractivity contribution in [2.45, 2.75) is 39.5 Å². The minimum Gasteiger partial charge on any atom is -0.341 e. The van der Waals surface area contributed by atoms with Gasteiger partial charge in [0.05, 0.1) is 17.5 Å². The first kappa shape index (κ1) is 16.9. The standard InChI is InChI=1S/C18H23N5/c1-4-10-23(11-5-2)18-21-13-14(3)17(22-18)15(12-19)16-8-6-7-9-20-16/h6-9,13,15H,4-5,10-11H2,1-3H3. The van der Waals surface area contributed by atoms with Gasteiger partial charge >= 0.3 is 0 Å². The van der Waals surface area contributed by atoms with Crippen molar-refractivity contribution in [3.05, 3.63) is 47.5 Å². The summed E-state index contributed by atoms with van der Waals surface area (Å²) in [6.45, 7) is 8.05. The van der Waals surface area contributed by atoms with Gasteiger partial charge in [-0.1, -0.05) is 19.9 Å². The van der Waals surface area contributed by atoms with Crippen LogP contribution in [0.15, 0.2) is 30.6 Å². The van der Waals surface area contributed by atoms with Gasteiger partial charge in [0.1, 0.15) is 5.92 Å². The number of anilines is 1. The van der Waals surface area contributed by atoms with Crippen LogP contribution in [0.2, 0.25) is 0 Å². The Morgan fingerprint density at radius 3 is 2.48 bits per heavy atom. The minimum atomic E-state index is -0.469. The van der Waals surface area contributed by atoms with Crippen LogP contribution in [-0.4, -0.2) is 28.0 Å². The van der Waals surface area contributed by atoms with Crippen molar-refractivity contribution in [2.24, 2.45) is 0 Å². The molecule has 0 spiro atoms. The van der Waals surface area contributed by atoms with E-state index in [9.17, 15) is 5.26 Å². The number of nitriles is 1. The maximum Gasteiger partial charge on any atom is 0.225 e. The summed E-state index contributed by atoms with van der Waals surface area (Å²) in [5.41, 5.74) is 2.38. The molecule has 0 radical (unpaired) electrons. The van der Waals surface area contributed by atoms with Gasteiger partial charge in [0.2, 0.25) is 5.95 Å². The number of pyridine rings is 1. The molecule has 0 aliphatic rings. The molecule has 1 atom stereocenters. The zero-order valence-corrected chi connectivity index (χ0v) is 14.0. The highest BCUT2D eigenvalue weighted by atomic mass is 15.2. The van der Waals surface area contributed by atoms with Gasteiger partial charge < -0.3 is 4.90 Å². The number of nitrogens with zero attached hydrogens (tertiary/aromatic N) is 5. The van der Waals surface area contributed by atoms with Gasteiger partial charge in [0.25, 0.3) is 0 Å². The molecular weight excluding hydrogens is 286 g/mol. The lowest BCUT2D eigenvalue weighted by Crippen LogP contribution is -2.27. The lowest BCUT2D eigenvalue weighted by Gasteiger charge is -2.22. The Morgan fingerprint density at radius 1 is 1.17 bits per heavy atom. The molecule has 2 aromatic rings. The van der Waals surface area contributed by atoms with Crippen LogP contribution in [0, 0.1) is 18.3 Å². The average molecular weight is 309 g/mol. The highest BCUT2D eigenvalue weighted by Crippen LogP contribution is 2.25. The molecule has 120 valence electrons. The van der Waals surface area contributed by atoms with Gasteiger partial charge in [-0.05, 0) is 37.5 Å². The molecule has 2 aromatic heterocycles. The zero-order chi connectivity index (χ0) is 16.7. The highest BCUT2D eigenvalue weighted by Gasteiger charge is 2.20. The van der Waals surface area contributed by atoms with Crippen LogP contribution >= 0.6 is 0 Å². The van der Waals surface area contributed by atoms with Crippen molar-refractivity contribution in [1.29, 1.82) is 5.26 Å². The van der Waals surface area contributed by atoms with E-state index in [0.29, 0.717) is 5.95 Å². The molecule has 0 saturated carbocycles. The van der Waals surface area contributed by atoms with Crippen molar-refractivity contribution < 1.29 is 0 Å². The van der Waals surface area contributed by atoms with Crippen LogP contribution in [0.4, 0.5) is 5.95 Å². The molecule has 2 heterocycles. The summed E-state index contributed by atoms with van der Waals surface area (Å²) < 4.78 is 0. The Labute approximate surface area is 138 Å². The Bertz CT molecular complexity index is 657. The quantitative estimate of drug-likeness (QED) is 0.783. The molecule has 0 bridgehead atoms. The lowest BCUT2D eigenvalue weighted by molar-refractivity contribution is 0.713. The van der Waals surface area contributed by atoms with Crippen LogP contribution < -0.4 is 4.90 Å². The van der Waals surface area contributed by atoms with E-state index in [2.05, 4.69) is 34.8 Å². The van der Waals surface area contributed by atoms with E-state index in [1.807, 2.05) is 31.3 Å². The van der Waals surface area contributed by atoms with Gasteiger partial charge in [-0.3, -0.25) is 4.98 Å². The molecule has 0 aromatic carbocycles. The fraction of sp³-hybridized carbons (Fsp3) is 0.444. The number of aryl methyl sites for hydroxylation is 1. The summed E-state index contributed by atoms with van der Waals surface area (Å²) in [7, 11) is 0. The molecule has 5 heteroatoms. The third kappa shape index (κ3) is 4.04. The summed E-state index contributed by atoms with van der Waals surface area (Å²) in [4.78, 5) is 15.7. The van der Waals surface area contributed by atoms with Crippen LogP contribution in [0.3, 0.4) is 0 Å². The van der Waals surface area contributed by atoms with Crippen LogP contribution in [0.25, 0.3) is 0 Å². The van der Waals surface area contributed by atoms with E-state index >= 15 is 0 Å². The first-order valence-electron chi connectivity index (χ1n) is 8.10. The van der Waals surface area contributed by atoms with Crippen molar-refractivity contribution in [2.75, 3.05) is 18.0 Å². The first-order chi connectivity index (χ1) is 11.2. The molecule has 1 unspecified atom stereocenters. The summed E-state index contributed by atoms with van der Waals surface area (Å²) in [5, 5.41) is 9.63. The normalized spacial score (nSPS) is 11.7. The SMILES string of the molecule is CCCN(CCC)c1ncc(C)c(C(C#N)c2ccccn2)n1. The van der Waals surface area contributed by atoms with E-state index in [4.69, 9.17) is 4.98 Å². The van der Waals surface area contributed by atoms with Gasteiger partial charge in [-0.2, -0.15) is 5.26 Å². The molecule has 23 heavy (non-hydrogen) atoms. The van der Waals surface area contributed by atoms with Crippen LogP contribution in [0.5, 0.6) is 0 Å². The Morgan fingerprint density at radius 2 is 1.91 bits per heavy atom. The van der Waals surface area contributed by atoms with Gasteiger partial charge in [-0.15, -0.1) is 0 Å². The highest BCUT2D eigenvalue weighted by molar-refractivity contribution is 5.39. The molecule has 0 saturated heterocycles. The first-order valence-corrected chi connectivity index (χ1v) is 8.10. The molecule has 5 nitrogen and oxygen atoms in total. The molecule has 2 rings (SSSR count). The number of hydrogen-bond donors (Lipinski definition) is 0. The molecule has 0 aliphatic carbocycles. The zero-order valence-electron chi connectivity index (χ0n) is 14.0. The summed E-state index contributed by atoms with van der Waals surface area (Å²) in [5.74, 6) is 0.230. The number of rotatable bonds is 7. The Kier molecular flexibility index (Phi) is 6.04. The Hall–Kier alpha value is -2.48. The minimum absolute atomic E-state index is 0.469. The fourth-order valence-corrected chi connectivity index (χ4v) is 2.56. The predicted molar refractivity (Wildman–Crippen MR) is 91.3 cm³/mol. The van der Waals surface area contributed by atoms with Gasteiger partial charge in [0, 0.05) is 25.5 Å². The maximum atomic E-state index is 9.63. The van der Waals surface area contributed by atoms with Crippen molar-refractivity contribution in [3.63, 3.8) is 0 Å². The topological polar surface area (TPSA) is 65.7 Å². The molecular formula is C18H23N5. The second-order valence-electron chi connectivity index (χ2n) is 5.54. The molecule has 0 amide bonds. The third-order valence-corrected chi connectivity index (χ3v) is 3.65. The third-order valence-electron chi connectivity index (χ3n) is 3.65. The maximum absolute atomic E-state index is 9.63. The summed E-state index contributed by atoms with van der Waals surface area (Å²) in [6.07, 6.45) is 5.59. The fourth-order valence-electron chi connectivity index (χ4n) is 2.56. The van der Waals surface area contributed by atoms with Crippen molar-refractivity contribution in [3.8, 4) is 6.07 Å². The molecule has 0 aliphatic heterocycles. The Balaban J connectivity index is 2.42. The van der Waals surface area contributed by atoms with Crippen LogP contribution in [-0.2, 0) is 0 Å². The monoisotopic (exact) mass is 309 g/mol. The van der Waals surface area contributed by atoms with Crippen molar-refractivity contribution >= 4 is 5.95 Å². The summed E-state index contributed by atoms with van der Waals surface area (Å²) in [6, 6.07) is 7.94. The second kappa shape index (κ2) is 8.23. The summed E-state index contributed by atoms with van der Waals surface area (Å²) >= 11 is 0. The van der Waals surface area contributed by atoms with E-state index in [-0.39, 0.29) is 0 Å².